The maximum absolute atomic E-state index is 3.99. The minimum Gasteiger partial charge on any atom is -0.284 e. The molecule has 1 aromatic heterocycles. The first-order valence-electron chi connectivity index (χ1n) is 3.44. The number of hydrogen-bond acceptors (Lipinski definition) is 1. The molecular weight excluding hydrogens is 267 g/mol. The molecule has 12 heavy (non-hydrogen) atoms. The molecule has 1 nitrogen and oxygen atoms in total. The molecule has 0 bridgehead atoms. The van der Waals surface area contributed by atoms with Crippen LogP contribution in [0.15, 0.2) is 36.7 Å². The summed E-state index contributed by atoms with van der Waals surface area (Å²) in [6.07, 6.45) is 3.62. The Balaban J connectivity index is 0.000000336. The fourth-order valence-corrected chi connectivity index (χ4v) is 0.961. The van der Waals surface area contributed by atoms with Crippen LogP contribution in [-0.2, 0) is 16.3 Å². The van der Waals surface area contributed by atoms with E-state index in [1.165, 1.54) is 16.3 Å². The summed E-state index contributed by atoms with van der Waals surface area (Å²) in [6, 6.07) is 11.0. The zero-order valence-electron chi connectivity index (χ0n) is 6.50. The van der Waals surface area contributed by atoms with Gasteiger partial charge in [0.1, 0.15) is 0 Å². The summed E-state index contributed by atoms with van der Waals surface area (Å²) in [4.78, 5) is 3.99. The molecule has 0 aliphatic carbocycles. The molecule has 0 N–H and O–H groups in total. The number of fused-ring (bicyclic) bond motifs is 1. The standard InChI is InChI=1S/C9H6N.BrH.Zn/c1-2-4-9-7-10-6-5-8(9)3-1;;/h1-2,4-7H;1H;/q-1;;+2/p-1. The summed E-state index contributed by atoms with van der Waals surface area (Å²) >= 11 is 4.25. The van der Waals surface area contributed by atoms with Gasteiger partial charge in [0.15, 0.2) is 0 Å². The number of benzene rings is 1. The average molecular weight is 273 g/mol. The van der Waals surface area contributed by atoms with Crippen LogP contribution >= 0.6 is 13.6 Å². The van der Waals surface area contributed by atoms with Gasteiger partial charge in [0.05, 0.1) is 0 Å². The van der Waals surface area contributed by atoms with E-state index in [1.807, 2.05) is 30.5 Å². The van der Waals surface area contributed by atoms with E-state index in [1.54, 1.807) is 6.20 Å². The number of rotatable bonds is 0. The summed E-state index contributed by atoms with van der Waals surface area (Å²) in [6.45, 7) is 0. The molecule has 56 valence electrons. The van der Waals surface area contributed by atoms with Gasteiger partial charge in [0.2, 0.25) is 0 Å². The van der Waals surface area contributed by atoms with Crippen LogP contribution in [0.4, 0.5) is 0 Å². The fourth-order valence-electron chi connectivity index (χ4n) is 0.961. The first kappa shape index (κ1) is 9.82. The summed E-state index contributed by atoms with van der Waals surface area (Å²) in [5.41, 5.74) is 0. The Hall–Kier alpha value is -0.267. The summed E-state index contributed by atoms with van der Waals surface area (Å²) < 4.78 is 0. The van der Waals surface area contributed by atoms with Gasteiger partial charge in [-0.2, -0.15) is 0 Å². The third-order valence-electron chi connectivity index (χ3n) is 1.46. The largest absolute Gasteiger partial charge is 0.284 e. The van der Waals surface area contributed by atoms with Crippen LogP contribution in [0.5, 0.6) is 0 Å². The Morgan fingerprint density at radius 3 is 2.92 bits per heavy atom. The molecule has 2 rings (SSSR count). The van der Waals surface area contributed by atoms with E-state index in [0.29, 0.717) is 0 Å². The van der Waals surface area contributed by atoms with Crippen molar-refractivity contribution in [1.82, 2.24) is 4.98 Å². The van der Waals surface area contributed by atoms with Gasteiger partial charge in [0.25, 0.3) is 0 Å². The molecule has 3 heteroatoms. The third kappa shape index (κ3) is 2.36. The van der Waals surface area contributed by atoms with Crippen LogP contribution in [0.25, 0.3) is 10.8 Å². The molecular formula is C9H6BrNZn. The molecule has 0 atom stereocenters. The van der Waals surface area contributed by atoms with E-state index in [-0.39, 0.29) is 0 Å². The predicted octanol–water partition coefficient (Wildman–Crippen LogP) is 2.88. The van der Waals surface area contributed by atoms with Crippen molar-refractivity contribution in [3.63, 3.8) is 0 Å². The molecule has 0 fully saturated rings. The molecule has 0 aliphatic heterocycles. The van der Waals surface area contributed by atoms with Gasteiger partial charge in [-0.05, 0) is 12.4 Å². The molecule has 0 unspecified atom stereocenters. The molecule has 1 aromatic carbocycles. The van der Waals surface area contributed by atoms with Crippen LogP contribution in [0, 0.1) is 6.07 Å². The van der Waals surface area contributed by atoms with Crippen LogP contribution < -0.4 is 0 Å². The van der Waals surface area contributed by atoms with E-state index in [4.69, 9.17) is 0 Å². The summed E-state index contributed by atoms with van der Waals surface area (Å²) in [5.74, 6) is 0. The number of pyridine rings is 1. The van der Waals surface area contributed by atoms with Gasteiger partial charge >= 0.3 is 30.0 Å². The number of nitrogens with zero attached hydrogens (tertiary/aromatic N) is 1. The zero-order chi connectivity index (χ0) is 8.81. The van der Waals surface area contributed by atoms with Crippen molar-refractivity contribution in [2.24, 2.45) is 0 Å². The van der Waals surface area contributed by atoms with Gasteiger partial charge in [-0.15, -0.1) is 35.7 Å². The maximum atomic E-state index is 3.99. The van der Waals surface area contributed by atoms with Gasteiger partial charge in [0, 0.05) is 0 Å². The Morgan fingerprint density at radius 1 is 1.33 bits per heavy atom. The fraction of sp³-hybridized carbons (Fsp3) is 0. The quantitative estimate of drug-likeness (QED) is 0.531. The first-order valence-corrected chi connectivity index (χ1v) is 10.4. The van der Waals surface area contributed by atoms with Crippen molar-refractivity contribution in [3.05, 3.63) is 42.7 Å². The number of halogens is 1. The van der Waals surface area contributed by atoms with Gasteiger partial charge < -0.3 is 0 Å². The molecule has 0 amide bonds. The van der Waals surface area contributed by atoms with Crippen molar-refractivity contribution in [2.75, 3.05) is 0 Å². The van der Waals surface area contributed by atoms with Crippen LogP contribution in [-0.4, -0.2) is 4.98 Å². The van der Waals surface area contributed by atoms with Crippen LogP contribution in [0.3, 0.4) is 0 Å². The topological polar surface area (TPSA) is 12.9 Å². The smallest absolute Gasteiger partial charge is 0.00876 e. The third-order valence-corrected chi connectivity index (χ3v) is 1.46. The minimum absolute atomic E-state index is 1.12. The Labute approximate surface area is 88.2 Å². The molecule has 0 saturated heterocycles. The van der Waals surface area contributed by atoms with Crippen molar-refractivity contribution >= 4 is 24.4 Å². The molecule has 0 spiro atoms. The zero-order valence-corrected chi connectivity index (χ0v) is 11.0. The Bertz CT molecular complexity index is 286. The molecule has 1 heterocycles. The molecule has 2 aromatic rings. The Morgan fingerprint density at radius 2 is 2.17 bits per heavy atom. The normalized spacial score (nSPS) is 8.92. The number of hydrogen-bond donors (Lipinski definition) is 0. The van der Waals surface area contributed by atoms with Crippen molar-refractivity contribution < 1.29 is 16.3 Å². The van der Waals surface area contributed by atoms with E-state index in [0.717, 1.165) is 10.8 Å². The van der Waals surface area contributed by atoms with Gasteiger partial charge in [-0.3, -0.25) is 4.98 Å². The number of aromatic nitrogens is 1. The maximum Gasteiger partial charge on any atom is -0.00876 e. The van der Waals surface area contributed by atoms with E-state index in [9.17, 15) is 0 Å². The second-order valence-corrected chi connectivity index (χ2v) is 2.13. The monoisotopic (exact) mass is 271 g/mol. The SMILES string of the molecule is [Zn+][Br].[c-]1cccc2cnccc12. The first-order chi connectivity index (χ1) is 5.97. The van der Waals surface area contributed by atoms with Crippen molar-refractivity contribution in [3.8, 4) is 0 Å². The van der Waals surface area contributed by atoms with E-state index in [2.05, 4.69) is 24.7 Å². The average Bonchev–Trinajstić information content (AvgIpc) is 2.21. The van der Waals surface area contributed by atoms with Crippen LogP contribution in [0.2, 0.25) is 0 Å². The van der Waals surface area contributed by atoms with E-state index >= 15 is 0 Å². The summed E-state index contributed by atoms with van der Waals surface area (Å²) in [5, 5.41) is 2.27. The van der Waals surface area contributed by atoms with Crippen LogP contribution in [0.1, 0.15) is 0 Å². The molecule has 0 radical (unpaired) electrons. The molecule has 0 aliphatic rings. The summed E-state index contributed by atoms with van der Waals surface area (Å²) in [7, 11) is 0. The van der Waals surface area contributed by atoms with E-state index < -0.39 is 0 Å². The minimum atomic E-state index is 1.12. The second-order valence-electron chi connectivity index (χ2n) is 2.13. The van der Waals surface area contributed by atoms with Crippen molar-refractivity contribution in [2.45, 2.75) is 0 Å². The molecule has 0 saturated carbocycles. The Kier molecular flexibility index (Phi) is 4.41. The van der Waals surface area contributed by atoms with Gasteiger partial charge in [-0.25, -0.2) is 0 Å². The predicted molar refractivity (Wildman–Crippen MR) is 49.5 cm³/mol. The van der Waals surface area contributed by atoms with Gasteiger partial charge in [-0.1, -0.05) is 5.39 Å². The van der Waals surface area contributed by atoms with Crippen molar-refractivity contribution in [1.29, 1.82) is 0 Å². The second kappa shape index (κ2) is 5.39.